The minimum Gasteiger partial charge on any atom is -0.371 e. The fourth-order valence-corrected chi connectivity index (χ4v) is 4.97. The third kappa shape index (κ3) is 6.68. The van der Waals surface area contributed by atoms with Crippen molar-refractivity contribution in [1.29, 1.82) is 0 Å². The molecule has 1 aliphatic rings. The van der Waals surface area contributed by atoms with Crippen LogP contribution in [0.4, 0.5) is 5.69 Å². The Hall–Kier alpha value is -3.12. The molecule has 0 bridgehead atoms. The number of amides is 2. The van der Waals surface area contributed by atoms with E-state index in [9.17, 15) is 9.59 Å². The molecule has 0 saturated carbocycles. The summed E-state index contributed by atoms with van der Waals surface area (Å²) in [6.07, 6.45) is 3.89. The first kappa shape index (κ1) is 23.1. The second-order valence-corrected chi connectivity index (χ2v) is 9.45. The summed E-state index contributed by atoms with van der Waals surface area (Å²) in [6.45, 7) is 2.27. The topological polar surface area (TPSA) is 61.4 Å². The number of rotatable bonds is 9. The van der Waals surface area contributed by atoms with Crippen molar-refractivity contribution >= 4 is 28.8 Å². The SMILES string of the molecule is O=C(CCc1ccccc1)NC1CCN(c2ccccc2C(=O)NCCc2cccs2)CC1. The van der Waals surface area contributed by atoms with Crippen LogP contribution in [-0.2, 0) is 17.6 Å². The van der Waals surface area contributed by atoms with Crippen LogP contribution in [0, 0.1) is 0 Å². The van der Waals surface area contributed by atoms with E-state index in [0.29, 0.717) is 18.5 Å². The van der Waals surface area contributed by atoms with Gasteiger partial charge in [0.2, 0.25) is 5.91 Å². The summed E-state index contributed by atoms with van der Waals surface area (Å²) in [5.74, 6) is 0.0846. The maximum atomic E-state index is 12.8. The maximum Gasteiger partial charge on any atom is 0.253 e. The van der Waals surface area contributed by atoms with E-state index < -0.39 is 0 Å². The zero-order valence-corrected chi connectivity index (χ0v) is 19.7. The minimum atomic E-state index is -0.0292. The van der Waals surface area contributed by atoms with Crippen LogP contribution in [0.5, 0.6) is 0 Å². The first-order valence-electron chi connectivity index (χ1n) is 11.7. The van der Waals surface area contributed by atoms with Crippen molar-refractivity contribution < 1.29 is 9.59 Å². The zero-order valence-electron chi connectivity index (χ0n) is 18.8. The Kier molecular flexibility index (Phi) is 8.14. The average molecular weight is 462 g/mol. The first-order valence-corrected chi connectivity index (χ1v) is 12.5. The van der Waals surface area contributed by atoms with E-state index in [1.165, 1.54) is 10.4 Å². The Morgan fingerprint density at radius 3 is 2.42 bits per heavy atom. The summed E-state index contributed by atoms with van der Waals surface area (Å²) in [7, 11) is 0. The van der Waals surface area contributed by atoms with Gasteiger partial charge in [-0.05, 0) is 54.8 Å². The van der Waals surface area contributed by atoms with Crippen LogP contribution in [-0.4, -0.2) is 37.5 Å². The quantitative estimate of drug-likeness (QED) is 0.495. The number of carbonyl (C=O) groups is 2. The molecule has 33 heavy (non-hydrogen) atoms. The summed E-state index contributed by atoms with van der Waals surface area (Å²) in [5, 5.41) is 8.32. The molecule has 172 valence electrons. The van der Waals surface area contributed by atoms with Crippen LogP contribution in [0.2, 0.25) is 0 Å². The van der Waals surface area contributed by atoms with Gasteiger partial charge < -0.3 is 15.5 Å². The molecule has 2 N–H and O–H groups in total. The van der Waals surface area contributed by atoms with E-state index in [2.05, 4.69) is 39.1 Å². The number of thiophene rings is 1. The zero-order chi connectivity index (χ0) is 22.9. The van der Waals surface area contributed by atoms with E-state index in [1.807, 2.05) is 48.5 Å². The van der Waals surface area contributed by atoms with Gasteiger partial charge in [0.25, 0.3) is 5.91 Å². The van der Waals surface area contributed by atoms with Crippen molar-refractivity contribution in [1.82, 2.24) is 10.6 Å². The van der Waals surface area contributed by atoms with E-state index in [-0.39, 0.29) is 17.9 Å². The highest BCUT2D eigenvalue weighted by atomic mass is 32.1. The van der Waals surface area contributed by atoms with Crippen LogP contribution in [0.1, 0.15) is 40.1 Å². The molecular weight excluding hydrogens is 430 g/mol. The Labute approximate surface area is 199 Å². The average Bonchev–Trinajstić information content (AvgIpc) is 3.37. The van der Waals surface area contributed by atoms with Gasteiger partial charge in [-0.3, -0.25) is 9.59 Å². The van der Waals surface area contributed by atoms with Crippen LogP contribution < -0.4 is 15.5 Å². The minimum absolute atomic E-state index is 0.0292. The smallest absolute Gasteiger partial charge is 0.253 e. The molecule has 2 amide bonds. The summed E-state index contributed by atoms with van der Waals surface area (Å²) >= 11 is 1.71. The van der Waals surface area contributed by atoms with Crippen molar-refractivity contribution in [3.63, 3.8) is 0 Å². The molecule has 0 aliphatic carbocycles. The number of piperidine rings is 1. The molecule has 1 saturated heterocycles. The number of benzene rings is 2. The van der Waals surface area contributed by atoms with E-state index in [0.717, 1.165) is 44.5 Å². The molecule has 2 aromatic carbocycles. The number of anilines is 1. The number of hydrogen-bond acceptors (Lipinski definition) is 4. The third-order valence-electron chi connectivity index (χ3n) is 6.07. The number of nitrogens with one attached hydrogen (secondary N) is 2. The molecule has 5 nitrogen and oxygen atoms in total. The fourth-order valence-electron chi connectivity index (χ4n) is 4.26. The molecule has 0 atom stereocenters. The lowest BCUT2D eigenvalue weighted by molar-refractivity contribution is -0.121. The second kappa shape index (κ2) is 11.7. The van der Waals surface area contributed by atoms with E-state index in [1.54, 1.807) is 11.3 Å². The van der Waals surface area contributed by atoms with Crippen molar-refractivity contribution in [2.75, 3.05) is 24.5 Å². The number of hydrogen-bond donors (Lipinski definition) is 2. The van der Waals surface area contributed by atoms with Gasteiger partial charge in [0.05, 0.1) is 5.56 Å². The predicted molar refractivity (Wildman–Crippen MR) is 135 cm³/mol. The Balaban J connectivity index is 1.25. The fraction of sp³-hybridized carbons (Fsp3) is 0.333. The monoisotopic (exact) mass is 461 g/mol. The normalized spacial score (nSPS) is 14.1. The molecular formula is C27H31N3O2S. The molecule has 1 aromatic heterocycles. The molecule has 0 spiro atoms. The summed E-state index contributed by atoms with van der Waals surface area (Å²) < 4.78 is 0. The van der Waals surface area contributed by atoms with Gasteiger partial charge in [0, 0.05) is 42.7 Å². The lowest BCUT2D eigenvalue weighted by Crippen LogP contribution is -2.45. The van der Waals surface area contributed by atoms with Gasteiger partial charge >= 0.3 is 0 Å². The molecule has 1 fully saturated rings. The van der Waals surface area contributed by atoms with Crippen molar-refractivity contribution in [3.05, 3.63) is 88.1 Å². The lowest BCUT2D eigenvalue weighted by Gasteiger charge is -2.35. The summed E-state index contributed by atoms with van der Waals surface area (Å²) in [5.41, 5.74) is 2.88. The van der Waals surface area contributed by atoms with Crippen LogP contribution in [0.3, 0.4) is 0 Å². The maximum absolute atomic E-state index is 12.8. The molecule has 0 unspecified atom stereocenters. The predicted octanol–water partition coefficient (Wildman–Crippen LogP) is 4.44. The molecule has 0 radical (unpaired) electrons. The van der Waals surface area contributed by atoms with E-state index in [4.69, 9.17) is 0 Å². The standard InChI is InChI=1S/C27H31N3O2S/c31-26(13-12-21-7-2-1-3-8-21)29-22-15-18-30(19-16-22)25-11-5-4-10-24(25)27(32)28-17-14-23-9-6-20-33-23/h1-11,20,22H,12-19H2,(H,28,32)(H,29,31). The molecule has 4 rings (SSSR count). The number of para-hydroxylation sites is 1. The molecule has 2 heterocycles. The van der Waals surface area contributed by atoms with E-state index >= 15 is 0 Å². The number of nitrogens with zero attached hydrogens (tertiary/aromatic N) is 1. The van der Waals surface area contributed by atoms with Crippen molar-refractivity contribution in [2.45, 2.75) is 38.1 Å². The Morgan fingerprint density at radius 1 is 0.909 bits per heavy atom. The number of carbonyl (C=O) groups excluding carboxylic acids is 2. The highest BCUT2D eigenvalue weighted by Gasteiger charge is 2.23. The molecule has 1 aliphatic heterocycles. The van der Waals surface area contributed by atoms with Gasteiger partial charge in [0.1, 0.15) is 0 Å². The highest BCUT2D eigenvalue weighted by molar-refractivity contribution is 7.09. The Bertz CT molecular complexity index is 1030. The van der Waals surface area contributed by atoms with Crippen LogP contribution in [0.15, 0.2) is 72.1 Å². The van der Waals surface area contributed by atoms with Gasteiger partial charge in [-0.15, -0.1) is 11.3 Å². The molecule has 3 aromatic rings. The van der Waals surface area contributed by atoms with Crippen LogP contribution in [0.25, 0.3) is 0 Å². The molecule has 6 heteroatoms. The van der Waals surface area contributed by atoms with Crippen LogP contribution >= 0.6 is 11.3 Å². The largest absolute Gasteiger partial charge is 0.371 e. The summed E-state index contributed by atoms with van der Waals surface area (Å²) in [6, 6.07) is 22.2. The van der Waals surface area contributed by atoms with Crippen molar-refractivity contribution in [2.24, 2.45) is 0 Å². The van der Waals surface area contributed by atoms with Gasteiger partial charge in [-0.25, -0.2) is 0 Å². The third-order valence-corrected chi connectivity index (χ3v) is 7.01. The van der Waals surface area contributed by atoms with Gasteiger partial charge in [-0.2, -0.15) is 0 Å². The lowest BCUT2D eigenvalue weighted by atomic mass is 10.0. The Morgan fingerprint density at radius 2 is 1.67 bits per heavy atom. The number of aryl methyl sites for hydroxylation is 1. The second-order valence-electron chi connectivity index (χ2n) is 8.42. The van der Waals surface area contributed by atoms with Gasteiger partial charge in [0.15, 0.2) is 0 Å². The first-order chi connectivity index (χ1) is 16.2. The van der Waals surface area contributed by atoms with Gasteiger partial charge in [-0.1, -0.05) is 48.5 Å². The van der Waals surface area contributed by atoms with Crippen molar-refractivity contribution in [3.8, 4) is 0 Å². The highest BCUT2D eigenvalue weighted by Crippen LogP contribution is 2.24. The summed E-state index contributed by atoms with van der Waals surface area (Å²) in [4.78, 5) is 28.8.